The van der Waals surface area contributed by atoms with Gasteiger partial charge in [0.2, 0.25) is 0 Å². The van der Waals surface area contributed by atoms with E-state index in [2.05, 4.69) is 66.5 Å². The van der Waals surface area contributed by atoms with Crippen molar-refractivity contribution in [1.29, 1.82) is 0 Å². The number of rotatable bonds is 4. The van der Waals surface area contributed by atoms with Gasteiger partial charge in [0, 0.05) is 11.8 Å². The molecule has 0 N–H and O–H groups in total. The molecule has 0 saturated carbocycles. The fourth-order valence-corrected chi connectivity index (χ4v) is 2.66. The van der Waals surface area contributed by atoms with Gasteiger partial charge in [-0.15, -0.1) is 0 Å². The Hall–Kier alpha value is -2.41. The van der Waals surface area contributed by atoms with Crippen molar-refractivity contribution >= 4 is 0 Å². The summed E-state index contributed by atoms with van der Waals surface area (Å²) in [4.78, 5) is 4.48. The van der Waals surface area contributed by atoms with Gasteiger partial charge in [-0.2, -0.15) is 0 Å². The first kappa shape index (κ1) is 13.6. The number of benzene rings is 2. The zero-order chi connectivity index (χ0) is 14.5. The summed E-state index contributed by atoms with van der Waals surface area (Å²) < 4.78 is 0. The van der Waals surface area contributed by atoms with E-state index in [1.807, 2.05) is 18.3 Å². The first-order valence-electron chi connectivity index (χ1n) is 7.38. The molecule has 1 nitrogen and oxygen atoms in total. The molecule has 104 valence electrons. The lowest BCUT2D eigenvalue weighted by Crippen LogP contribution is -1.95. The van der Waals surface area contributed by atoms with E-state index in [0.717, 1.165) is 18.5 Å². The summed E-state index contributed by atoms with van der Waals surface area (Å²) in [6.45, 7) is 2.14. The van der Waals surface area contributed by atoms with Crippen LogP contribution in [0.4, 0.5) is 0 Å². The highest BCUT2D eigenvalue weighted by Gasteiger charge is 2.05. The topological polar surface area (TPSA) is 12.9 Å². The summed E-state index contributed by atoms with van der Waals surface area (Å²) in [5, 5.41) is 0. The molecular weight excluding hydrogens is 254 g/mol. The molecule has 0 aliphatic rings. The van der Waals surface area contributed by atoms with Gasteiger partial charge < -0.3 is 0 Å². The third-order valence-electron chi connectivity index (χ3n) is 3.72. The molecule has 1 aromatic heterocycles. The number of hydrogen-bond acceptors (Lipinski definition) is 1. The van der Waals surface area contributed by atoms with Crippen LogP contribution in [0.15, 0.2) is 72.9 Å². The van der Waals surface area contributed by atoms with Gasteiger partial charge in [-0.05, 0) is 43.0 Å². The first-order chi connectivity index (χ1) is 10.3. The summed E-state index contributed by atoms with van der Waals surface area (Å²) in [6.07, 6.45) is 3.95. The number of hydrogen-bond donors (Lipinski definition) is 0. The summed E-state index contributed by atoms with van der Waals surface area (Å²) in [5.74, 6) is 0. The fourth-order valence-electron chi connectivity index (χ4n) is 2.66. The van der Waals surface area contributed by atoms with Crippen LogP contribution >= 0.6 is 0 Å². The van der Waals surface area contributed by atoms with Crippen LogP contribution in [0.1, 0.15) is 16.7 Å². The zero-order valence-corrected chi connectivity index (χ0v) is 12.3. The van der Waals surface area contributed by atoms with Gasteiger partial charge in [0.05, 0.1) is 5.69 Å². The second-order valence-electron chi connectivity index (χ2n) is 5.36. The maximum absolute atomic E-state index is 4.48. The van der Waals surface area contributed by atoms with Crippen LogP contribution in [0.2, 0.25) is 0 Å². The molecule has 3 rings (SSSR count). The molecule has 0 aliphatic carbocycles. The number of pyridine rings is 1. The molecule has 0 atom stereocenters. The van der Waals surface area contributed by atoms with Crippen molar-refractivity contribution in [3.8, 4) is 11.3 Å². The average Bonchev–Trinajstić information content (AvgIpc) is 2.54. The van der Waals surface area contributed by atoms with Gasteiger partial charge in [0.25, 0.3) is 0 Å². The van der Waals surface area contributed by atoms with Gasteiger partial charge in [0.1, 0.15) is 0 Å². The standard InChI is InChI=1S/C20H19N/c1-16-7-6-8-17(15-16)12-13-18-9-2-3-10-19(18)20-11-4-5-14-21-20/h2-11,14-15H,12-13H2,1H3. The van der Waals surface area contributed by atoms with Gasteiger partial charge in [-0.3, -0.25) is 4.98 Å². The predicted molar refractivity (Wildman–Crippen MR) is 88.3 cm³/mol. The molecule has 0 fully saturated rings. The third kappa shape index (κ3) is 3.38. The maximum Gasteiger partial charge on any atom is 0.0704 e. The van der Waals surface area contributed by atoms with Gasteiger partial charge in [-0.1, -0.05) is 60.2 Å². The monoisotopic (exact) mass is 273 g/mol. The summed E-state index contributed by atoms with van der Waals surface area (Å²) in [7, 11) is 0. The molecule has 0 unspecified atom stereocenters. The van der Waals surface area contributed by atoms with Crippen LogP contribution in [-0.2, 0) is 12.8 Å². The van der Waals surface area contributed by atoms with Crippen LogP contribution in [0, 0.1) is 6.92 Å². The molecule has 0 bridgehead atoms. The van der Waals surface area contributed by atoms with Gasteiger partial charge in [-0.25, -0.2) is 0 Å². The molecule has 1 heterocycles. The molecule has 21 heavy (non-hydrogen) atoms. The highest BCUT2D eigenvalue weighted by Crippen LogP contribution is 2.22. The maximum atomic E-state index is 4.48. The summed E-state index contributed by atoms with van der Waals surface area (Å²) >= 11 is 0. The predicted octanol–water partition coefficient (Wildman–Crippen LogP) is 4.84. The Labute approximate surface area is 126 Å². The lowest BCUT2D eigenvalue weighted by Gasteiger charge is -2.09. The van der Waals surface area contributed by atoms with Crippen LogP contribution < -0.4 is 0 Å². The SMILES string of the molecule is Cc1cccc(CCc2ccccc2-c2ccccn2)c1. The highest BCUT2D eigenvalue weighted by molar-refractivity contribution is 5.63. The van der Waals surface area contributed by atoms with E-state index in [4.69, 9.17) is 0 Å². The van der Waals surface area contributed by atoms with Crippen molar-refractivity contribution in [2.75, 3.05) is 0 Å². The van der Waals surface area contributed by atoms with Crippen LogP contribution in [0.3, 0.4) is 0 Å². The quantitative estimate of drug-likeness (QED) is 0.662. The van der Waals surface area contributed by atoms with Crippen molar-refractivity contribution in [1.82, 2.24) is 4.98 Å². The molecular formula is C20H19N. The van der Waals surface area contributed by atoms with Crippen molar-refractivity contribution in [3.05, 3.63) is 89.6 Å². The average molecular weight is 273 g/mol. The Morgan fingerprint density at radius 1 is 0.810 bits per heavy atom. The van der Waals surface area contributed by atoms with E-state index < -0.39 is 0 Å². The fraction of sp³-hybridized carbons (Fsp3) is 0.150. The minimum Gasteiger partial charge on any atom is -0.256 e. The van der Waals surface area contributed by atoms with E-state index in [9.17, 15) is 0 Å². The Bertz CT molecular complexity index is 717. The minimum absolute atomic E-state index is 1.04. The van der Waals surface area contributed by atoms with E-state index in [0.29, 0.717) is 0 Å². The second-order valence-corrected chi connectivity index (χ2v) is 5.36. The lowest BCUT2D eigenvalue weighted by atomic mass is 9.97. The normalized spacial score (nSPS) is 10.5. The summed E-state index contributed by atoms with van der Waals surface area (Å²) in [5.41, 5.74) is 6.37. The molecule has 0 amide bonds. The first-order valence-corrected chi connectivity index (χ1v) is 7.38. The van der Waals surface area contributed by atoms with Crippen molar-refractivity contribution in [2.24, 2.45) is 0 Å². The second kappa shape index (κ2) is 6.36. The Kier molecular flexibility index (Phi) is 4.11. The number of nitrogens with zero attached hydrogens (tertiary/aromatic N) is 1. The van der Waals surface area contributed by atoms with E-state index in [1.165, 1.54) is 22.3 Å². The van der Waals surface area contributed by atoms with Crippen LogP contribution in [-0.4, -0.2) is 4.98 Å². The summed E-state index contributed by atoms with van der Waals surface area (Å²) in [6, 6.07) is 23.4. The Balaban J connectivity index is 1.83. The number of aromatic nitrogens is 1. The van der Waals surface area contributed by atoms with Gasteiger partial charge >= 0.3 is 0 Å². The zero-order valence-electron chi connectivity index (χ0n) is 12.3. The largest absolute Gasteiger partial charge is 0.256 e. The molecule has 0 saturated heterocycles. The third-order valence-corrected chi connectivity index (χ3v) is 3.72. The van der Waals surface area contributed by atoms with Crippen molar-refractivity contribution in [3.63, 3.8) is 0 Å². The number of aryl methyl sites for hydroxylation is 3. The van der Waals surface area contributed by atoms with Crippen LogP contribution in [0.25, 0.3) is 11.3 Å². The lowest BCUT2D eigenvalue weighted by molar-refractivity contribution is 0.958. The highest BCUT2D eigenvalue weighted by atomic mass is 14.7. The Morgan fingerprint density at radius 2 is 1.67 bits per heavy atom. The van der Waals surface area contributed by atoms with Crippen LogP contribution in [0.5, 0.6) is 0 Å². The molecule has 2 aromatic carbocycles. The molecule has 0 spiro atoms. The Morgan fingerprint density at radius 3 is 2.48 bits per heavy atom. The molecule has 1 heteroatoms. The smallest absolute Gasteiger partial charge is 0.0704 e. The van der Waals surface area contributed by atoms with Crippen molar-refractivity contribution < 1.29 is 0 Å². The van der Waals surface area contributed by atoms with Crippen molar-refractivity contribution in [2.45, 2.75) is 19.8 Å². The minimum atomic E-state index is 1.04. The molecule has 0 radical (unpaired) electrons. The molecule has 0 aliphatic heterocycles. The van der Waals surface area contributed by atoms with E-state index in [1.54, 1.807) is 0 Å². The van der Waals surface area contributed by atoms with Gasteiger partial charge in [0.15, 0.2) is 0 Å². The molecule has 3 aromatic rings. The van der Waals surface area contributed by atoms with E-state index in [-0.39, 0.29) is 0 Å². The van der Waals surface area contributed by atoms with E-state index >= 15 is 0 Å².